The van der Waals surface area contributed by atoms with Crippen LogP contribution in [0.15, 0.2) is 71.7 Å². The molecule has 0 unspecified atom stereocenters. The summed E-state index contributed by atoms with van der Waals surface area (Å²) in [6, 6.07) is 18.5. The van der Waals surface area contributed by atoms with Crippen LogP contribution in [-0.4, -0.2) is 49.8 Å². The molecule has 0 spiro atoms. The van der Waals surface area contributed by atoms with Gasteiger partial charge in [0, 0.05) is 31.6 Å². The molecule has 1 amide bonds. The largest absolute Gasteiger partial charge is 0.493 e. The number of halogens is 3. The van der Waals surface area contributed by atoms with E-state index >= 15 is 0 Å². The van der Waals surface area contributed by atoms with Gasteiger partial charge in [-0.25, -0.2) is 4.99 Å². The van der Waals surface area contributed by atoms with Crippen LogP contribution in [0.25, 0.3) is 0 Å². The molecule has 7 nitrogen and oxygen atoms in total. The third-order valence-corrected chi connectivity index (χ3v) is 8.38. The van der Waals surface area contributed by atoms with Gasteiger partial charge in [0.15, 0.2) is 17.3 Å². The molecule has 2 aliphatic heterocycles. The number of amides is 1. The maximum Gasteiger partial charge on any atom is 0.416 e. The summed E-state index contributed by atoms with van der Waals surface area (Å²) in [6.07, 6.45) is -1.53. The van der Waals surface area contributed by atoms with Crippen LogP contribution in [0.5, 0.6) is 11.5 Å². The summed E-state index contributed by atoms with van der Waals surface area (Å²) < 4.78 is 50.5. The molecule has 226 valence electrons. The second kappa shape index (κ2) is 12.5. The number of carbonyl (C=O) groups is 1. The lowest BCUT2D eigenvalue weighted by Crippen LogP contribution is -2.51. The monoisotopic (exact) mass is 592 g/mol. The molecule has 0 atom stereocenters. The fraction of sp³-hybridized carbons (Fsp3) is 0.364. The topological polar surface area (TPSA) is 87.0 Å². The van der Waals surface area contributed by atoms with Gasteiger partial charge < -0.3 is 19.7 Å². The lowest BCUT2D eigenvalue weighted by atomic mass is 9.72. The van der Waals surface area contributed by atoms with E-state index in [1.807, 2.05) is 36.4 Å². The van der Waals surface area contributed by atoms with Gasteiger partial charge in [0.25, 0.3) is 0 Å². The fourth-order valence-electron chi connectivity index (χ4n) is 5.96. The first-order valence-corrected chi connectivity index (χ1v) is 14.3. The van der Waals surface area contributed by atoms with E-state index in [0.29, 0.717) is 67.8 Å². The quantitative estimate of drug-likeness (QED) is 0.351. The van der Waals surface area contributed by atoms with E-state index in [1.165, 1.54) is 6.07 Å². The lowest BCUT2D eigenvalue weighted by molar-refractivity contribution is -0.137. The molecule has 0 aliphatic carbocycles. The van der Waals surface area contributed by atoms with Crippen LogP contribution in [0.2, 0.25) is 0 Å². The Morgan fingerprint density at radius 3 is 2.30 bits per heavy atom. The summed E-state index contributed by atoms with van der Waals surface area (Å²) in [6.45, 7) is 1.15. The summed E-state index contributed by atoms with van der Waals surface area (Å²) in [5.41, 5.74) is 1.62. The molecule has 1 saturated heterocycles. The first kappa shape index (κ1) is 30.1. The van der Waals surface area contributed by atoms with Crippen molar-refractivity contribution in [3.05, 3.63) is 94.5 Å². The van der Waals surface area contributed by atoms with E-state index in [0.717, 1.165) is 29.1 Å². The molecule has 2 aliphatic rings. The number of piperidine rings is 1. The number of nitrogens with one attached hydrogen (secondary N) is 2. The number of aryl methyl sites for hydroxylation is 1. The van der Waals surface area contributed by atoms with Crippen molar-refractivity contribution in [3.8, 4) is 11.5 Å². The third kappa shape index (κ3) is 6.68. The van der Waals surface area contributed by atoms with Gasteiger partial charge in [0.05, 0.1) is 25.2 Å². The van der Waals surface area contributed by atoms with Gasteiger partial charge in [0.1, 0.15) is 5.84 Å². The van der Waals surface area contributed by atoms with Crippen molar-refractivity contribution < 1.29 is 27.4 Å². The van der Waals surface area contributed by atoms with Gasteiger partial charge in [0.2, 0.25) is 5.91 Å². The first-order chi connectivity index (χ1) is 20.6. The number of benzene rings is 3. The second-order valence-electron chi connectivity index (χ2n) is 11.1. The number of amidine groups is 2. The maximum atomic E-state index is 13.8. The van der Waals surface area contributed by atoms with Gasteiger partial charge >= 0.3 is 6.18 Å². The Bertz CT molecular complexity index is 1510. The average molecular weight is 593 g/mol. The number of methoxy groups -OCH3 is 2. The molecule has 0 radical (unpaired) electrons. The van der Waals surface area contributed by atoms with Gasteiger partial charge in [-0.3, -0.25) is 10.2 Å². The highest BCUT2D eigenvalue weighted by molar-refractivity contribution is 6.07. The number of ether oxygens (including phenoxy) is 2. The van der Waals surface area contributed by atoms with E-state index in [-0.39, 0.29) is 18.3 Å². The van der Waals surface area contributed by atoms with Crippen molar-refractivity contribution in [1.29, 1.82) is 5.41 Å². The van der Waals surface area contributed by atoms with Crippen LogP contribution in [-0.2, 0) is 30.4 Å². The smallest absolute Gasteiger partial charge is 0.416 e. The minimum absolute atomic E-state index is 0.0120. The number of likely N-dealkylation sites (tertiary alicyclic amines) is 1. The molecule has 10 heteroatoms. The van der Waals surface area contributed by atoms with E-state index < -0.39 is 17.2 Å². The third-order valence-electron chi connectivity index (χ3n) is 8.38. The maximum absolute atomic E-state index is 13.8. The highest BCUT2D eigenvalue weighted by Crippen LogP contribution is 2.38. The zero-order valence-electron chi connectivity index (χ0n) is 24.3. The Labute approximate surface area is 249 Å². The van der Waals surface area contributed by atoms with Crippen molar-refractivity contribution in [2.75, 3.05) is 27.3 Å². The van der Waals surface area contributed by atoms with Crippen LogP contribution in [0, 0.1) is 10.8 Å². The Hall–Kier alpha value is -4.34. The van der Waals surface area contributed by atoms with Crippen molar-refractivity contribution >= 4 is 17.6 Å². The number of aliphatic imine (C=N–C) groups is 1. The number of nitrogens with zero attached hydrogens (tertiary/aromatic N) is 2. The summed E-state index contributed by atoms with van der Waals surface area (Å²) in [5.74, 6) is 1.94. The van der Waals surface area contributed by atoms with Crippen LogP contribution in [0.4, 0.5) is 13.2 Å². The number of fused-ring (bicyclic) bond motifs is 1. The number of hydrogen-bond acceptors (Lipinski definition) is 5. The molecule has 43 heavy (non-hydrogen) atoms. The van der Waals surface area contributed by atoms with Gasteiger partial charge in [-0.1, -0.05) is 42.5 Å². The van der Waals surface area contributed by atoms with Crippen LogP contribution < -0.4 is 14.8 Å². The number of alkyl halides is 3. The minimum atomic E-state index is -4.45. The number of carbonyl (C=O) groups excluding carboxylic acids is 1. The molecular formula is C33H35F3N4O3. The van der Waals surface area contributed by atoms with Gasteiger partial charge in [-0.2, -0.15) is 13.2 Å². The molecule has 1 fully saturated rings. The van der Waals surface area contributed by atoms with E-state index in [4.69, 9.17) is 14.9 Å². The number of hydrogen-bond donors (Lipinski definition) is 2. The summed E-state index contributed by atoms with van der Waals surface area (Å²) in [4.78, 5) is 20.6. The molecule has 2 heterocycles. The lowest BCUT2D eigenvalue weighted by Gasteiger charge is -2.42. The molecule has 2 N–H and O–H groups in total. The Morgan fingerprint density at radius 1 is 0.953 bits per heavy atom. The van der Waals surface area contributed by atoms with Gasteiger partial charge in [-0.05, 0) is 66.6 Å². The normalized spacial score (nSPS) is 16.5. The van der Waals surface area contributed by atoms with Crippen LogP contribution in [0.3, 0.4) is 0 Å². The van der Waals surface area contributed by atoms with Crippen molar-refractivity contribution in [2.24, 2.45) is 10.4 Å². The van der Waals surface area contributed by atoms with Crippen molar-refractivity contribution in [2.45, 2.75) is 44.8 Å². The zero-order valence-corrected chi connectivity index (χ0v) is 24.3. The van der Waals surface area contributed by atoms with Crippen molar-refractivity contribution in [3.63, 3.8) is 0 Å². The first-order valence-electron chi connectivity index (χ1n) is 14.3. The number of rotatable bonds is 7. The van der Waals surface area contributed by atoms with Crippen molar-refractivity contribution in [1.82, 2.24) is 10.2 Å². The molecule has 0 bridgehead atoms. The van der Waals surface area contributed by atoms with Crippen LogP contribution >= 0.6 is 0 Å². The van der Waals surface area contributed by atoms with E-state index in [9.17, 15) is 18.0 Å². The summed E-state index contributed by atoms with van der Waals surface area (Å²) in [5, 5.41) is 11.6. The van der Waals surface area contributed by atoms with E-state index in [2.05, 4.69) is 15.2 Å². The molecule has 3 aromatic carbocycles. The van der Waals surface area contributed by atoms with E-state index in [1.54, 1.807) is 26.4 Å². The average Bonchev–Trinajstić information content (AvgIpc) is 3.17. The second-order valence-corrected chi connectivity index (χ2v) is 11.1. The minimum Gasteiger partial charge on any atom is -0.493 e. The fourth-order valence-corrected chi connectivity index (χ4v) is 5.96. The molecular weight excluding hydrogens is 557 g/mol. The zero-order chi connectivity index (χ0) is 30.6. The molecule has 3 aromatic rings. The van der Waals surface area contributed by atoms with Crippen LogP contribution in [0.1, 0.15) is 47.1 Å². The standard InChI is InChI=1S/C33H35F3N4O3/c1-42-27-18-24-11-12-29(39-30(37)26(24)19-28(27)43-2)40-15-13-32(14-16-40,20-22-7-4-3-5-8-22)31(41)38-21-23-9-6-10-25(17-23)33(34,35)36/h3-10,17-19,37H,11-16,20-21H2,1-2H3,(H,38,41). The van der Waals surface area contributed by atoms with Gasteiger partial charge in [-0.15, -0.1) is 0 Å². The molecule has 5 rings (SSSR count). The summed E-state index contributed by atoms with van der Waals surface area (Å²) >= 11 is 0. The highest BCUT2D eigenvalue weighted by Gasteiger charge is 2.42. The molecule has 0 aromatic heterocycles. The Morgan fingerprint density at radius 2 is 1.63 bits per heavy atom. The predicted octanol–water partition coefficient (Wildman–Crippen LogP) is 6.03. The predicted molar refractivity (Wildman–Crippen MR) is 159 cm³/mol. The Kier molecular flexibility index (Phi) is 8.75. The SMILES string of the molecule is COc1cc2c(cc1OC)C(=N)N=C(N1CCC(Cc3ccccc3)(C(=O)NCc3cccc(C(F)(F)F)c3)CC1)CC2. The summed E-state index contributed by atoms with van der Waals surface area (Å²) in [7, 11) is 3.14. The Balaban J connectivity index is 1.32. The highest BCUT2D eigenvalue weighted by atomic mass is 19.4. The molecule has 0 saturated carbocycles.